The van der Waals surface area contributed by atoms with Crippen LogP contribution in [0.2, 0.25) is 10.0 Å². The van der Waals surface area contributed by atoms with Crippen molar-refractivity contribution in [2.75, 3.05) is 31.1 Å². The van der Waals surface area contributed by atoms with E-state index in [0.29, 0.717) is 42.0 Å². The third kappa shape index (κ3) is 5.06. The molecule has 31 heavy (non-hydrogen) atoms. The Labute approximate surface area is 190 Å². The molecule has 0 radical (unpaired) electrons. The lowest BCUT2D eigenvalue weighted by Gasteiger charge is -2.36. The van der Waals surface area contributed by atoms with Gasteiger partial charge in [0.1, 0.15) is 5.75 Å². The summed E-state index contributed by atoms with van der Waals surface area (Å²) in [6.45, 7) is 4.22. The van der Waals surface area contributed by atoms with Crippen LogP contribution in [0, 0.1) is 0 Å². The van der Waals surface area contributed by atoms with Gasteiger partial charge in [-0.2, -0.15) is 0 Å². The first-order chi connectivity index (χ1) is 15.0. The van der Waals surface area contributed by atoms with Crippen molar-refractivity contribution in [3.05, 3.63) is 64.9 Å². The first-order valence-electron chi connectivity index (χ1n) is 9.91. The van der Waals surface area contributed by atoms with Gasteiger partial charge in [0, 0.05) is 49.2 Å². The number of aromatic nitrogens is 3. The fourth-order valence-corrected chi connectivity index (χ4v) is 3.85. The van der Waals surface area contributed by atoms with E-state index in [1.807, 2.05) is 24.3 Å². The number of rotatable bonds is 5. The van der Waals surface area contributed by atoms with E-state index in [0.717, 1.165) is 17.1 Å². The highest BCUT2D eigenvalue weighted by molar-refractivity contribution is 6.35. The molecule has 1 aliphatic heterocycles. The molecule has 1 aromatic carbocycles. The summed E-state index contributed by atoms with van der Waals surface area (Å²) in [5.74, 6) is 1.15. The van der Waals surface area contributed by atoms with E-state index in [1.54, 1.807) is 42.4 Å². The van der Waals surface area contributed by atoms with Crippen molar-refractivity contribution in [1.29, 1.82) is 0 Å². The first kappa shape index (κ1) is 21.3. The van der Waals surface area contributed by atoms with Gasteiger partial charge >= 0.3 is 0 Å². The zero-order valence-corrected chi connectivity index (χ0v) is 18.4. The Kier molecular flexibility index (Phi) is 6.53. The number of hydrogen-bond donors (Lipinski definition) is 0. The number of anilines is 1. The molecule has 1 amide bonds. The van der Waals surface area contributed by atoms with E-state index in [9.17, 15) is 4.79 Å². The molecule has 3 heterocycles. The van der Waals surface area contributed by atoms with Crippen LogP contribution >= 0.6 is 23.2 Å². The number of ether oxygens (including phenoxy) is 1. The third-order valence-corrected chi connectivity index (χ3v) is 5.62. The molecule has 160 valence electrons. The lowest BCUT2D eigenvalue weighted by molar-refractivity contribution is -0.138. The summed E-state index contributed by atoms with van der Waals surface area (Å²) in [5.41, 5.74) is 1.77. The molecule has 0 bridgehead atoms. The highest BCUT2D eigenvalue weighted by atomic mass is 35.5. The number of pyridine rings is 1. The summed E-state index contributed by atoms with van der Waals surface area (Å²) >= 11 is 12.1. The monoisotopic (exact) mass is 457 g/mol. The number of piperazine rings is 1. The summed E-state index contributed by atoms with van der Waals surface area (Å²) in [6.07, 6.45) is 2.81. The topological polar surface area (TPSA) is 71.5 Å². The molecule has 2 aromatic heterocycles. The second-order valence-electron chi connectivity index (χ2n) is 7.16. The van der Waals surface area contributed by atoms with Crippen molar-refractivity contribution >= 4 is 34.9 Å². The predicted molar refractivity (Wildman–Crippen MR) is 121 cm³/mol. The molecular formula is C22H21Cl2N5O2. The molecule has 0 aliphatic carbocycles. The largest absolute Gasteiger partial charge is 0.479 e. The van der Waals surface area contributed by atoms with Crippen LogP contribution in [0.1, 0.15) is 6.92 Å². The van der Waals surface area contributed by atoms with Gasteiger partial charge < -0.3 is 14.5 Å². The molecule has 0 saturated carbocycles. The number of hydrogen-bond acceptors (Lipinski definition) is 6. The Morgan fingerprint density at radius 3 is 2.39 bits per heavy atom. The van der Waals surface area contributed by atoms with Crippen LogP contribution in [0.3, 0.4) is 0 Å². The molecule has 9 heteroatoms. The van der Waals surface area contributed by atoms with Gasteiger partial charge in [-0.05, 0) is 49.4 Å². The van der Waals surface area contributed by atoms with Crippen LogP contribution in [0.25, 0.3) is 11.3 Å². The molecule has 0 spiro atoms. The number of halogens is 2. The Bertz CT molecular complexity index is 1040. The SMILES string of the molecule is CC(Oc1ccc(Cl)cc1Cl)C(=O)N1CCN(c2ccc(-c3ccncc3)nn2)CC1. The number of carbonyl (C=O) groups excluding carboxylic acids is 1. The average molecular weight is 458 g/mol. The molecule has 1 aliphatic rings. The minimum absolute atomic E-state index is 0.0789. The maximum Gasteiger partial charge on any atom is 0.263 e. The summed E-state index contributed by atoms with van der Waals surface area (Å²) < 4.78 is 5.76. The van der Waals surface area contributed by atoms with Crippen molar-refractivity contribution in [3.63, 3.8) is 0 Å². The van der Waals surface area contributed by atoms with Crippen molar-refractivity contribution in [3.8, 4) is 17.0 Å². The standard InChI is InChI=1S/C22H21Cl2N5O2/c1-15(31-20-4-2-17(23)14-18(20)24)22(30)29-12-10-28(11-13-29)21-5-3-19(26-27-21)16-6-8-25-9-7-16/h2-9,14-15H,10-13H2,1H3. The lowest BCUT2D eigenvalue weighted by atomic mass is 10.2. The first-order valence-corrected chi connectivity index (χ1v) is 10.7. The second kappa shape index (κ2) is 9.49. The number of benzene rings is 1. The second-order valence-corrected chi connectivity index (χ2v) is 8.00. The van der Waals surface area contributed by atoms with Crippen LogP contribution in [0.5, 0.6) is 5.75 Å². The normalized spacial score (nSPS) is 14.9. The fraction of sp³-hybridized carbons (Fsp3) is 0.273. The molecule has 7 nitrogen and oxygen atoms in total. The number of amides is 1. The summed E-state index contributed by atoms with van der Waals surface area (Å²) in [6, 6.07) is 12.6. The van der Waals surface area contributed by atoms with Gasteiger partial charge in [0.25, 0.3) is 5.91 Å². The Morgan fingerprint density at radius 1 is 1.00 bits per heavy atom. The molecule has 1 unspecified atom stereocenters. The van der Waals surface area contributed by atoms with Crippen molar-refractivity contribution < 1.29 is 9.53 Å². The molecule has 4 rings (SSSR count). The average Bonchev–Trinajstić information content (AvgIpc) is 2.81. The Hall–Kier alpha value is -2.90. The van der Waals surface area contributed by atoms with Gasteiger partial charge in [-0.1, -0.05) is 23.2 Å². The Morgan fingerprint density at radius 2 is 1.74 bits per heavy atom. The maximum atomic E-state index is 12.8. The van der Waals surface area contributed by atoms with Gasteiger partial charge in [0.05, 0.1) is 10.7 Å². The van der Waals surface area contributed by atoms with Crippen LogP contribution < -0.4 is 9.64 Å². The van der Waals surface area contributed by atoms with Gasteiger partial charge in [-0.25, -0.2) is 0 Å². The summed E-state index contributed by atoms with van der Waals surface area (Å²) in [7, 11) is 0. The van der Waals surface area contributed by atoms with E-state index >= 15 is 0 Å². The number of nitrogens with zero attached hydrogens (tertiary/aromatic N) is 5. The molecule has 3 aromatic rings. The minimum atomic E-state index is -0.648. The van der Waals surface area contributed by atoms with E-state index in [4.69, 9.17) is 27.9 Å². The molecule has 0 N–H and O–H groups in total. The third-order valence-electron chi connectivity index (χ3n) is 5.09. The summed E-state index contributed by atoms with van der Waals surface area (Å²) in [5, 5.41) is 9.58. The maximum absolute atomic E-state index is 12.8. The van der Waals surface area contributed by atoms with Gasteiger partial charge in [-0.3, -0.25) is 9.78 Å². The van der Waals surface area contributed by atoms with Crippen LogP contribution in [0.4, 0.5) is 5.82 Å². The molecular weight excluding hydrogens is 437 g/mol. The zero-order chi connectivity index (χ0) is 21.8. The predicted octanol–water partition coefficient (Wildman–Crippen LogP) is 3.96. The molecule has 1 fully saturated rings. The van der Waals surface area contributed by atoms with Gasteiger partial charge in [0.2, 0.25) is 0 Å². The highest BCUT2D eigenvalue weighted by Gasteiger charge is 2.27. The van der Waals surface area contributed by atoms with Crippen molar-refractivity contribution in [2.24, 2.45) is 0 Å². The lowest BCUT2D eigenvalue weighted by Crippen LogP contribution is -2.52. The van der Waals surface area contributed by atoms with Crippen LogP contribution in [-0.4, -0.2) is 58.3 Å². The number of carbonyl (C=O) groups is 1. The van der Waals surface area contributed by atoms with Crippen LogP contribution in [-0.2, 0) is 4.79 Å². The van der Waals surface area contributed by atoms with E-state index < -0.39 is 6.10 Å². The van der Waals surface area contributed by atoms with E-state index in [2.05, 4.69) is 20.1 Å². The van der Waals surface area contributed by atoms with E-state index in [-0.39, 0.29) is 5.91 Å². The van der Waals surface area contributed by atoms with Crippen molar-refractivity contribution in [1.82, 2.24) is 20.1 Å². The summed E-state index contributed by atoms with van der Waals surface area (Å²) in [4.78, 5) is 20.7. The Balaban J connectivity index is 1.33. The van der Waals surface area contributed by atoms with Crippen molar-refractivity contribution in [2.45, 2.75) is 13.0 Å². The zero-order valence-electron chi connectivity index (χ0n) is 16.9. The van der Waals surface area contributed by atoms with Crippen LogP contribution in [0.15, 0.2) is 54.9 Å². The smallest absolute Gasteiger partial charge is 0.263 e. The quantitative estimate of drug-likeness (QED) is 0.577. The van der Waals surface area contributed by atoms with Gasteiger partial charge in [-0.15, -0.1) is 10.2 Å². The highest BCUT2D eigenvalue weighted by Crippen LogP contribution is 2.28. The fourth-order valence-electron chi connectivity index (χ4n) is 3.40. The van der Waals surface area contributed by atoms with Gasteiger partial charge in [0.15, 0.2) is 11.9 Å². The minimum Gasteiger partial charge on any atom is -0.479 e. The van der Waals surface area contributed by atoms with E-state index in [1.165, 1.54) is 0 Å². The molecule has 1 atom stereocenters. The molecule has 1 saturated heterocycles.